The van der Waals surface area contributed by atoms with Gasteiger partial charge in [0.1, 0.15) is 23.1 Å². The number of pyridine rings is 2. The van der Waals surface area contributed by atoms with Crippen molar-refractivity contribution in [2.24, 2.45) is 5.73 Å². The van der Waals surface area contributed by atoms with Gasteiger partial charge in [-0.2, -0.15) is 10.4 Å². The van der Waals surface area contributed by atoms with Crippen molar-refractivity contribution in [3.05, 3.63) is 53.7 Å². The Bertz CT molecular complexity index is 1300. The van der Waals surface area contributed by atoms with Crippen LogP contribution in [0.4, 0.5) is 15.9 Å². The SMILES string of the molecule is CC1CN(c2ccc(C#N)n3ncc(F)c23)CC2CN(CCc3ccc(N4CCC(N)C4)nc3)CCN12. The monoisotopic (exact) mass is 503 g/mol. The van der Waals surface area contributed by atoms with Crippen LogP contribution in [0.5, 0.6) is 0 Å². The van der Waals surface area contributed by atoms with E-state index in [-0.39, 0.29) is 11.9 Å². The van der Waals surface area contributed by atoms with E-state index in [9.17, 15) is 9.65 Å². The van der Waals surface area contributed by atoms with Gasteiger partial charge < -0.3 is 20.4 Å². The van der Waals surface area contributed by atoms with E-state index in [2.05, 4.69) is 49.8 Å². The van der Waals surface area contributed by atoms with Gasteiger partial charge in [0.25, 0.3) is 0 Å². The number of aromatic nitrogens is 3. The quantitative estimate of drug-likeness (QED) is 0.563. The van der Waals surface area contributed by atoms with Crippen molar-refractivity contribution in [3.63, 3.8) is 0 Å². The lowest BCUT2D eigenvalue weighted by atomic mass is 10.0. The van der Waals surface area contributed by atoms with E-state index in [0.29, 0.717) is 23.3 Å². The van der Waals surface area contributed by atoms with Crippen LogP contribution in [-0.4, -0.2) is 94.9 Å². The summed E-state index contributed by atoms with van der Waals surface area (Å²) in [6, 6.07) is 11.0. The summed E-state index contributed by atoms with van der Waals surface area (Å²) in [5.74, 6) is 0.632. The van der Waals surface area contributed by atoms with Crippen LogP contribution < -0.4 is 15.5 Å². The molecule has 3 aromatic heterocycles. The number of fused-ring (bicyclic) bond motifs is 2. The zero-order valence-corrected chi connectivity index (χ0v) is 21.3. The third-order valence-electron chi connectivity index (χ3n) is 8.22. The second-order valence-corrected chi connectivity index (χ2v) is 10.7. The normalized spacial score (nSPS) is 25.0. The summed E-state index contributed by atoms with van der Waals surface area (Å²) in [5, 5.41) is 13.5. The Labute approximate surface area is 216 Å². The number of hydrogen-bond acceptors (Lipinski definition) is 8. The molecule has 3 aliphatic rings. The number of nitriles is 1. The minimum Gasteiger partial charge on any atom is -0.367 e. The smallest absolute Gasteiger partial charge is 0.171 e. The van der Waals surface area contributed by atoms with E-state index < -0.39 is 0 Å². The first-order valence-electron chi connectivity index (χ1n) is 13.2. The number of rotatable bonds is 5. The summed E-state index contributed by atoms with van der Waals surface area (Å²) in [6.45, 7) is 9.82. The van der Waals surface area contributed by atoms with Crippen LogP contribution in [0.25, 0.3) is 5.52 Å². The maximum absolute atomic E-state index is 14.7. The number of halogens is 1. The van der Waals surface area contributed by atoms with Gasteiger partial charge in [0.2, 0.25) is 0 Å². The number of hydrogen-bond donors (Lipinski definition) is 1. The molecule has 2 N–H and O–H groups in total. The summed E-state index contributed by atoms with van der Waals surface area (Å²) >= 11 is 0. The van der Waals surface area contributed by atoms with Gasteiger partial charge in [0.15, 0.2) is 5.82 Å². The predicted octanol–water partition coefficient (Wildman–Crippen LogP) is 1.71. The maximum atomic E-state index is 14.7. The molecule has 9 nitrogen and oxygen atoms in total. The largest absolute Gasteiger partial charge is 0.367 e. The lowest BCUT2D eigenvalue weighted by molar-refractivity contribution is 0.0356. The molecule has 3 unspecified atom stereocenters. The molecule has 3 aliphatic heterocycles. The Morgan fingerprint density at radius 3 is 2.70 bits per heavy atom. The minimum absolute atomic E-state index is 0.251. The molecule has 6 rings (SSSR count). The molecule has 3 atom stereocenters. The van der Waals surface area contributed by atoms with Gasteiger partial charge in [-0.1, -0.05) is 6.07 Å². The molecule has 0 radical (unpaired) electrons. The van der Waals surface area contributed by atoms with Crippen molar-refractivity contribution in [2.45, 2.75) is 37.9 Å². The molecule has 3 aromatic rings. The molecule has 37 heavy (non-hydrogen) atoms. The number of piperazine rings is 2. The van der Waals surface area contributed by atoms with Crippen LogP contribution >= 0.6 is 0 Å². The van der Waals surface area contributed by atoms with Crippen LogP contribution in [0.1, 0.15) is 24.6 Å². The van der Waals surface area contributed by atoms with Gasteiger partial charge in [0.05, 0.1) is 11.9 Å². The van der Waals surface area contributed by atoms with Crippen molar-refractivity contribution in [1.82, 2.24) is 24.4 Å². The molecule has 3 saturated heterocycles. The molecule has 0 amide bonds. The van der Waals surface area contributed by atoms with Crippen LogP contribution in [0.2, 0.25) is 0 Å². The summed E-state index contributed by atoms with van der Waals surface area (Å²) in [5.41, 5.74) is 8.83. The fourth-order valence-corrected chi connectivity index (χ4v) is 6.25. The lowest BCUT2D eigenvalue weighted by Gasteiger charge is -2.51. The maximum Gasteiger partial charge on any atom is 0.171 e. The third-order valence-corrected chi connectivity index (χ3v) is 8.22. The number of nitrogens with two attached hydrogens (primary N) is 1. The van der Waals surface area contributed by atoms with Gasteiger partial charge in [-0.15, -0.1) is 0 Å². The van der Waals surface area contributed by atoms with Gasteiger partial charge in [-0.05, 0) is 43.5 Å². The Hall–Kier alpha value is -3.26. The van der Waals surface area contributed by atoms with E-state index in [1.54, 1.807) is 6.07 Å². The zero-order valence-electron chi connectivity index (χ0n) is 21.3. The first kappa shape index (κ1) is 24.1. The average molecular weight is 504 g/mol. The molecule has 0 aliphatic carbocycles. The summed E-state index contributed by atoms with van der Waals surface area (Å²) in [4.78, 5) is 14.4. The molecule has 10 heteroatoms. The highest BCUT2D eigenvalue weighted by Gasteiger charge is 2.37. The van der Waals surface area contributed by atoms with Crippen molar-refractivity contribution >= 4 is 17.0 Å². The van der Waals surface area contributed by atoms with Crippen molar-refractivity contribution in [1.29, 1.82) is 5.26 Å². The van der Waals surface area contributed by atoms with Gasteiger partial charge in [-0.25, -0.2) is 13.9 Å². The molecule has 194 valence electrons. The van der Waals surface area contributed by atoms with Gasteiger partial charge >= 0.3 is 0 Å². The standard InChI is InChI=1S/C27H34FN9/c1-19-15-35(25-4-3-22(12-29)37-27(25)24(28)14-32-37)18-23-17-33(10-11-36(19)23)8-6-20-2-5-26(31-13-20)34-9-7-21(30)16-34/h2-5,13-14,19,21,23H,6-11,15-18,30H2,1H3. The molecule has 3 fully saturated rings. The molecule has 0 saturated carbocycles. The topological polar surface area (TPSA) is 93.0 Å². The first-order chi connectivity index (χ1) is 18.0. The van der Waals surface area contributed by atoms with E-state index in [1.807, 2.05) is 12.3 Å². The summed E-state index contributed by atoms with van der Waals surface area (Å²) in [7, 11) is 0. The molecule has 0 spiro atoms. The molecule has 6 heterocycles. The van der Waals surface area contributed by atoms with E-state index in [0.717, 1.165) is 76.7 Å². The van der Waals surface area contributed by atoms with Gasteiger partial charge in [-0.3, -0.25) is 4.90 Å². The van der Waals surface area contributed by atoms with Gasteiger partial charge in [0, 0.05) is 76.7 Å². The fourth-order valence-electron chi connectivity index (χ4n) is 6.25. The summed E-state index contributed by atoms with van der Waals surface area (Å²) < 4.78 is 16.1. The molecular formula is C27H34FN9. The second kappa shape index (κ2) is 9.89. The lowest BCUT2D eigenvalue weighted by Crippen LogP contribution is -2.65. The van der Waals surface area contributed by atoms with Crippen LogP contribution in [-0.2, 0) is 6.42 Å². The third kappa shape index (κ3) is 4.63. The van der Waals surface area contributed by atoms with Crippen LogP contribution in [0.15, 0.2) is 36.7 Å². The Balaban J connectivity index is 1.11. The number of nitrogens with zero attached hydrogens (tertiary/aromatic N) is 8. The van der Waals surface area contributed by atoms with Crippen molar-refractivity contribution in [3.8, 4) is 6.07 Å². The molecule has 0 bridgehead atoms. The Morgan fingerprint density at radius 1 is 1.05 bits per heavy atom. The molecular weight excluding hydrogens is 469 g/mol. The Kier molecular flexibility index (Phi) is 6.44. The predicted molar refractivity (Wildman–Crippen MR) is 141 cm³/mol. The fraction of sp³-hybridized carbons (Fsp3) is 0.519. The Morgan fingerprint density at radius 2 is 1.95 bits per heavy atom. The van der Waals surface area contributed by atoms with E-state index in [4.69, 9.17) is 10.7 Å². The van der Waals surface area contributed by atoms with Crippen LogP contribution in [0.3, 0.4) is 0 Å². The van der Waals surface area contributed by atoms with Crippen molar-refractivity contribution in [2.75, 3.05) is 62.2 Å². The minimum atomic E-state index is -0.389. The summed E-state index contributed by atoms with van der Waals surface area (Å²) in [6.07, 6.45) is 5.20. The van der Waals surface area contributed by atoms with Crippen LogP contribution in [0, 0.1) is 17.1 Å². The highest BCUT2D eigenvalue weighted by molar-refractivity contribution is 5.75. The van der Waals surface area contributed by atoms with E-state index in [1.165, 1.54) is 16.3 Å². The van der Waals surface area contributed by atoms with Crippen molar-refractivity contribution < 1.29 is 4.39 Å². The second-order valence-electron chi connectivity index (χ2n) is 10.7. The average Bonchev–Trinajstić information content (AvgIpc) is 3.53. The number of anilines is 2. The highest BCUT2D eigenvalue weighted by Crippen LogP contribution is 2.30. The first-order valence-corrected chi connectivity index (χ1v) is 13.2. The highest BCUT2D eigenvalue weighted by atomic mass is 19.1. The molecule has 0 aromatic carbocycles. The zero-order chi connectivity index (χ0) is 25.5. The van der Waals surface area contributed by atoms with E-state index >= 15 is 0 Å².